The number of aromatic nitrogens is 5. The number of phenols is 1. The third-order valence-corrected chi connectivity index (χ3v) is 11.7. The molecule has 4 atom stereocenters. The minimum Gasteiger partial charge on any atom is -0.508 e. The van der Waals surface area contributed by atoms with E-state index < -0.39 is 23.3 Å². The fourth-order valence-electron chi connectivity index (χ4n) is 9.17. The Morgan fingerprint density at radius 2 is 1.94 bits per heavy atom. The van der Waals surface area contributed by atoms with Crippen LogP contribution in [0.5, 0.6) is 11.8 Å². The van der Waals surface area contributed by atoms with Crippen molar-refractivity contribution in [3.8, 4) is 23.0 Å². The molecule has 0 radical (unpaired) electrons. The number of aryl methyl sites for hydroxylation is 2. The predicted molar refractivity (Wildman–Crippen MR) is 185 cm³/mol. The van der Waals surface area contributed by atoms with Gasteiger partial charge in [0, 0.05) is 50.4 Å². The molecule has 2 unspecified atom stereocenters. The SMILES string of the molecule is CCc1c(F)ccc2cc(O)cc(-c3ncc4c(N5CC6C(CC(=O)n7ccc(C)n7)C6C5)nc(OC[C@@]56CCCN5C[C@H](F)C6)nc4c3F)c12. The third kappa shape index (κ3) is 5.30. The number of nitrogens with zero attached hydrogens (tertiary/aromatic N) is 7. The van der Waals surface area contributed by atoms with E-state index in [1.807, 2.05) is 19.9 Å². The first-order valence-corrected chi connectivity index (χ1v) is 17.8. The maximum Gasteiger partial charge on any atom is 0.319 e. The molecule has 10 nitrogen and oxygen atoms in total. The van der Waals surface area contributed by atoms with Gasteiger partial charge in [0.05, 0.1) is 16.6 Å². The molecule has 4 aliphatic rings. The fraction of sp³-hybridized carbons (Fsp3) is 0.447. The summed E-state index contributed by atoms with van der Waals surface area (Å²) in [5.74, 6) is -0.0726. The zero-order valence-electron chi connectivity index (χ0n) is 28.5. The molecule has 51 heavy (non-hydrogen) atoms. The van der Waals surface area contributed by atoms with Crippen molar-refractivity contribution < 1.29 is 27.8 Å². The minimum absolute atomic E-state index is 0.0112. The second-order valence-corrected chi connectivity index (χ2v) is 14.7. The first-order valence-electron chi connectivity index (χ1n) is 17.8. The number of rotatable bonds is 8. The van der Waals surface area contributed by atoms with Gasteiger partial charge in [-0.05, 0) is 91.1 Å². The number of anilines is 1. The predicted octanol–water partition coefficient (Wildman–Crippen LogP) is 6.26. The maximum absolute atomic E-state index is 17.0. The normalized spacial score (nSPS) is 25.5. The summed E-state index contributed by atoms with van der Waals surface area (Å²) in [6.07, 6.45) is 5.14. The summed E-state index contributed by atoms with van der Waals surface area (Å²) in [7, 11) is 0. The van der Waals surface area contributed by atoms with Gasteiger partial charge in [-0.3, -0.25) is 14.7 Å². The molecule has 0 bridgehead atoms. The number of carbonyl (C=O) groups is 1. The third-order valence-electron chi connectivity index (χ3n) is 11.7. The molecule has 3 aliphatic heterocycles. The fourth-order valence-corrected chi connectivity index (χ4v) is 9.17. The van der Waals surface area contributed by atoms with Crippen LogP contribution in [0, 0.1) is 36.3 Å². The quantitative estimate of drug-likeness (QED) is 0.201. The van der Waals surface area contributed by atoms with Crippen molar-refractivity contribution in [2.45, 2.75) is 57.7 Å². The second kappa shape index (κ2) is 11.9. The Morgan fingerprint density at radius 1 is 1.12 bits per heavy atom. The Morgan fingerprint density at radius 3 is 2.71 bits per heavy atom. The summed E-state index contributed by atoms with van der Waals surface area (Å²) in [4.78, 5) is 31.0. The molecule has 1 N–H and O–H groups in total. The first kappa shape index (κ1) is 32.1. The number of benzene rings is 2. The molecule has 6 heterocycles. The molecule has 0 spiro atoms. The van der Waals surface area contributed by atoms with Crippen LogP contribution in [-0.2, 0) is 6.42 Å². The lowest BCUT2D eigenvalue weighted by Gasteiger charge is -2.31. The van der Waals surface area contributed by atoms with E-state index in [1.165, 1.54) is 29.1 Å². The monoisotopic (exact) mass is 697 g/mol. The molecule has 3 saturated heterocycles. The van der Waals surface area contributed by atoms with Gasteiger partial charge in [0.2, 0.25) is 5.91 Å². The molecule has 3 aromatic heterocycles. The Balaban J connectivity index is 1.09. The number of fused-ring (bicyclic) bond motifs is 4. The van der Waals surface area contributed by atoms with E-state index in [0.29, 0.717) is 66.4 Å². The highest BCUT2D eigenvalue weighted by atomic mass is 19.1. The average Bonchev–Trinajstić information content (AvgIpc) is 3.63. The minimum atomic E-state index is -0.934. The van der Waals surface area contributed by atoms with E-state index in [0.717, 1.165) is 25.1 Å². The summed E-state index contributed by atoms with van der Waals surface area (Å²) in [5.41, 5.74) is 0.896. The zero-order valence-corrected chi connectivity index (χ0v) is 28.5. The van der Waals surface area contributed by atoms with Crippen LogP contribution in [0.3, 0.4) is 0 Å². The van der Waals surface area contributed by atoms with Crippen molar-refractivity contribution in [3.05, 3.63) is 65.6 Å². The molecule has 2 aromatic carbocycles. The van der Waals surface area contributed by atoms with Crippen LogP contribution in [0.25, 0.3) is 32.9 Å². The molecule has 264 valence electrons. The summed E-state index contributed by atoms with van der Waals surface area (Å²) in [6, 6.07) is 7.62. The van der Waals surface area contributed by atoms with E-state index in [2.05, 4.69) is 24.9 Å². The Kier molecular flexibility index (Phi) is 7.50. The largest absolute Gasteiger partial charge is 0.508 e. The number of halogens is 3. The van der Waals surface area contributed by atoms with Gasteiger partial charge >= 0.3 is 6.01 Å². The smallest absolute Gasteiger partial charge is 0.319 e. The summed E-state index contributed by atoms with van der Waals surface area (Å²) in [6.45, 7) is 6.25. The Labute approximate surface area is 292 Å². The number of hydrogen-bond acceptors (Lipinski definition) is 9. The average molecular weight is 698 g/mol. The van der Waals surface area contributed by atoms with Crippen molar-refractivity contribution in [2.24, 2.45) is 17.8 Å². The van der Waals surface area contributed by atoms with Crippen LogP contribution in [-0.4, -0.2) is 85.1 Å². The zero-order chi connectivity index (χ0) is 35.2. The van der Waals surface area contributed by atoms with Crippen LogP contribution in [0.4, 0.5) is 19.0 Å². The van der Waals surface area contributed by atoms with Crippen molar-refractivity contribution in [1.82, 2.24) is 29.6 Å². The number of aromatic hydroxyl groups is 1. The highest BCUT2D eigenvalue weighted by Gasteiger charge is 2.56. The van der Waals surface area contributed by atoms with Gasteiger partial charge in [0.1, 0.15) is 41.4 Å². The molecule has 1 saturated carbocycles. The Bertz CT molecular complexity index is 2220. The lowest BCUT2D eigenvalue weighted by atomic mass is 9.94. The molecule has 13 heteroatoms. The van der Waals surface area contributed by atoms with Crippen molar-refractivity contribution in [3.63, 3.8) is 0 Å². The van der Waals surface area contributed by atoms with Gasteiger partial charge in [-0.25, -0.2) is 17.9 Å². The summed E-state index contributed by atoms with van der Waals surface area (Å²) >= 11 is 0. The van der Waals surface area contributed by atoms with Crippen LogP contribution in [0.15, 0.2) is 42.7 Å². The van der Waals surface area contributed by atoms with Gasteiger partial charge < -0.3 is 14.7 Å². The van der Waals surface area contributed by atoms with Crippen LogP contribution in [0.1, 0.15) is 48.7 Å². The van der Waals surface area contributed by atoms with Gasteiger partial charge in [-0.15, -0.1) is 0 Å². The first-order chi connectivity index (χ1) is 24.6. The topological polar surface area (TPSA) is 110 Å². The van der Waals surface area contributed by atoms with Crippen molar-refractivity contribution >= 4 is 33.4 Å². The van der Waals surface area contributed by atoms with Crippen LogP contribution >= 0.6 is 0 Å². The van der Waals surface area contributed by atoms with E-state index in [-0.39, 0.29) is 58.8 Å². The van der Waals surface area contributed by atoms with Crippen LogP contribution < -0.4 is 9.64 Å². The van der Waals surface area contributed by atoms with Crippen molar-refractivity contribution in [1.29, 1.82) is 0 Å². The van der Waals surface area contributed by atoms with Gasteiger partial charge in [0.25, 0.3) is 0 Å². The highest BCUT2D eigenvalue weighted by Crippen LogP contribution is 2.55. The number of phenolic OH excluding ortho intramolecular Hbond substituents is 1. The lowest BCUT2D eigenvalue weighted by molar-refractivity contribution is 0.0874. The number of pyridine rings is 1. The highest BCUT2D eigenvalue weighted by molar-refractivity contribution is 6.01. The number of ether oxygens (including phenoxy) is 1. The molecular formula is C38H38F3N7O3. The molecule has 5 aromatic rings. The molecule has 9 rings (SSSR count). The number of piperidine rings is 1. The molecule has 1 aliphatic carbocycles. The summed E-state index contributed by atoms with van der Waals surface area (Å²) < 4.78 is 54.2. The standard InChI is InChI=1S/C38H38F3N7O3/c1-3-24-30(40)6-5-21-11-23(49)12-26(32(21)24)34-33(41)35-27(15-42-34)36(44-37(43-35)51-19-38-8-4-9-47(38)16-22(39)14-38)46-17-28-25(29(28)18-46)13-31(50)48-10-7-20(2)45-48/h5-7,10-12,15,22,25,28-29,49H,3-4,8-9,13-14,16-19H2,1-2H3/t22-,25?,28?,29?,38+/m1/s1. The second-order valence-electron chi connectivity index (χ2n) is 14.7. The lowest BCUT2D eigenvalue weighted by Crippen LogP contribution is -2.43. The van der Waals surface area contributed by atoms with E-state index in [4.69, 9.17) is 9.72 Å². The molecule has 4 fully saturated rings. The van der Waals surface area contributed by atoms with Crippen LogP contribution in [0.2, 0.25) is 0 Å². The van der Waals surface area contributed by atoms with Gasteiger partial charge in [-0.1, -0.05) is 13.0 Å². The van der Waals surface area contributed by atoms with Crippen molar-refractivity contribution in [2.75, 3.05) is 37.7 Å². The number of hydrogen-bond donors (Lipinski definition) is 1. The molecular weight excluding hydrogens is 659 g/mol. The van der Waals surface area contributed by atoms with Gasteiger partial charge in [0.15, 0.2) is 5.82 Å². The summed E-state index contributed by atoms with van der Waals surface area (Å²) in [5, 5.41) is 16.3. The Hall–Kier alpha value is -4.78. The molecule has 0 amide bonds. The number of carbonyl (C=O) groups excluding carboxylic acids is 1. The number of alkyl halides is 1. The van der Waals surface area contributed by atoms with E-state index in [9.17, 15) is 14.3 Å². The maximum atomic E-state index is 17.0. The van der Waals surface area contributed by atoms with Gasteiger partial charge in [-0.2, -0.15) is 15.1 Å². The van der Waals surface area contributed by atoms with E-state index >= 15 is 8.78 Å². The van der Waals surface area contributed by atoms with E-state index in [1.54, 1.807) is 12.3 Å².